The molecule has 0 unspecified atom stereocenters. The van der Waals surface area contributed by atoms with Gasteiger partial charge in [-0.05, 0) is 48.5 Å². The van der Waals surface area contributed by atoms with Gasteiger partial charge in [0.1, 0.15) is 11.9 Å². The number of hydrogen-bond acceptors (Lipinski definition) is 2. The van der Waals surface area contributed by atoms with Gasteiger partial charge in [0.15, 0.2) is 0 Å². The van der Waals surface area contributed by atoms with Crippen molar-refractivity contribution in [2.24, 2.45) is 0 Å². The summed E-state index contributed by atoms with van der Waals surface area (Å²) in [6.07, 6.45) is -2.46. The van der Waals surface area contributed by atoms with Gasteiger partial charge in [-0.15, -0.1) is 0 Å². The fourth-order valence-corrected chi connectivity index (χ4v) is 3.06. The average Bonchev–Trinajstić information content (AvgIpc) is 2.57. The number of rotatable bonds is 3. The molecule has 2 aromatic carbocycles. The van der Waals surface area contributed by atoms with Crippen LogP contribution in [0, 0.1) is 0 Å². The topological polar surface area (TPSA) is 12.5 Å². The Bertz CT molecular complexity index is 662. The van der Waals surface area contributed by atoms with E-state index < -0.39 is 11.7 Å². The fourth-order valence-electron chi connectivity index (χ4n) is 2.80. The van der Waals surface area contributed by atoms with Crippen LogP contribution in [-0.4, -0.2) is 19.2 Å². The molecule has 6 heteroatoms. The van der Waals surface area contributed by atoms with E-state index in [9.17, 15) is 13.2 Å². The molecule has 2 aromatic rings. The molecule has 0 saturated carbocycles. The summed E-state index contributed by atoms with van der Waals surface area (Å²) in [5, 5.41) is 0. The van der Waals surface area contributed by atoms with Crippen molar-refractivity contribution in [1.29, 1.82) is 0 Å². The first-order valence-corrected chi connectivity index (χ1v) is 8.55. The van der Waals surface area contributed by atoms with Crippen molar-refractivity contribution >= 4 is 21.6 Å². The van der Waals surface area contributed by atoms with Gasteiger partial charge >= 0.3 is 6.18 Å². The number of nitrogens with zero attached hydrogens (tertiary/aromatic N) is 1. The maximum Gasteiger partial charge on any atom is 0.416 e. The Labute approximate surface area is 147 Å². The molecule has 24 heavy (non-hydrogen) atoms. The van der Waals surface area contributed by atoms with Crippen LogP contribution < -0.4 is 9.64 Å². The molecule has 0 aromatic heterocycles. The van der Waals surface area contributed by atoms with Gasteiger partial charge in [0.05, 0.1) is 5.56 Å². The number of anilines is 1. The summed E-state index contributed by atoms with van der Waals surface area (Å²) < 4.78 is 44.8. The van der Waals surface area contributed by atoms with Crippen LogP contribution in [0.2, 0.25) is 0 Å². The molecular formula is C18H17BrF3NO. The maximum atomic E-state index is 12.6. The summed E-state index contributed by atoms with van der Waals surface area (Å²) in [6, 6.07) is 13.1. The summed E-state index contributed by atoms with van der Waals surface area (Å²) in [4.78, 5) is 2.10. The van der Waals surface area contributed by atoms with Crippen LogP contribution in [0.5, 0.6) is 5.75 Å². The molecule has 0 amide bonds. The molecule has 0 radical (unpaired) electrons. The summed E-state index contributed by atoms with van der Waals surface area (Å²) in [7, 11) is 0. The Balaban J connectivity index is 1.56. The Morgan fingerprint density at radius 2 is 1.50 bits per heavy atom. The molecule has 0 N–H and O–H groups in total. The molecule has 0 aliphatic carbocycles. The number of alkyl halides is 3. The van der Waals surface area contributed by atoms with Gasteiger partial charge in [-0.25, -0.2) is 0 Å². The molecule has 1 aliphatic heterocycles. The van der Waals surface area contributed by atoms with Crippen molar-refractivity contribution < 1.29 is 17.9 Å². The van der Waals surface area contributed by atoms with Crippen LogP contribution in [0.4, 0.5) is 18.9 Å². The van der Waals surface area contributed by atoms with E-state index in [0.717, 1.165) is 54.0 Å². The predicted molar refractivity (Wildman–Crippen MR) is 91.4 cm³/mol. The highest BCUT2D eigenvalue weighted by Gasteiger charge is 2.30. The van der Waals surface area contributed by atoms with E-state index >= 15 is 0 Å². The second-order valence-corrected chi connectivity index (χ2v) is 6.72. The van der Waals surface area contributed by atoms with Gasteiger partial charge in [-0.3, -0.25) is 0 Å². The van der Waals surface area contributed by atoms with Crippen molar-refractivity contribution in [3.05, 3.63) is 58.6 Å². The van der Waals surface area contributed by atoms with Crippen LogP contribution in [0.3, 0.4) is 0 Å². The molecule has 128 valence electrons. The fraction of sp³-hybridized carbons (Fsp3) is 0.333. The van der Waals surface area contributed by atoms with Crippen LogP contribution in [-0.2, 0) is 6.18 Å². The zero-order chi connectivity index (χ0) is 17.2. The summed E-state index contributed by atoms with van der Waals surface area (Å²) in [5.41, 5.74) is 0.213. The Morgan fingerprint density at radius 1 is 0.917 bits per heavy atom. The van der Waals surface area contributed by atoms with Gasteiger partial charge in [-0.1, -0.05) is 15.9 Å². The molecule has 0 spiro atoms. The third kappa shape index (κ3) is 4.23. The zero-order valence-electron chi connectivity index (χ0n) is 12.9. The lowest BCUT2D eigenvalue weighted by molar-refractivity contribution is -0.137. The van der Waals surface area contributed by atoms with Crippen molar-refractivity contribution in [1.82, 2.24) is 0 Å². The van der Waals surface area contributed by atoms with Crippen molar-refractivity contribution in [2.45, 2.75) is 25.1 Å². The molecule has 1 heterocycles. The van der Waals surface area contributed by atoms with Gasteiger partial charge in [0, 0.05) is 36.1 Å². The van der Waals surface area contributed by atoms with E-state index in [1.54, 1.807) is 12.1 Å². The Kier molecular flexibility index (Phi) is 5.04. The van der Waals surface area contributed by atoms with Gasteiger partial charge in [0.2, 0.25) is 0 Å². The van der Waals surface area contributed by atoms with Gasteiger partial charge in [-0.2, -0.15) is 13.2 Å². The van der Waals surface area contributed by atoms with E-state index in [-0.39, 0.29) is 6.10 Å². The number of halogens is 4. The van der Waals surface area contributed by atoms with E-state index in [1.807, 2.05) is 24.3 Å². The molecular weight excluding hydrogens is 383 g/mol. The molecule has 3 rings (SSSR count). The lowest BCUT2D eigenvalue weighted by atomic mass is 10.1. The third-order valence-electron chi connectivity index (χ3n) is 4.12. The third-order valence-corrected chi connectivity index (χ3v) is 4.65. The van der Waals surface area contributed by atoms with E-state index in [2.05, 4.69) is 20.8 Å². The van der Waals surface area contributed by atoms with Gasteiger partial charge < -0.3 is 9.64 Å². The Hall–Kier alpha value is -1.69. The van der Waals surface area contributed by atoms with Crippen molar-refractivity contribution in [3.8, 4) is 5.75 Å². The number of piperidine rings is 1. The number of hydrogen-bond donors (Lipinski definition) is 0. The molecule has 1 aliphatic rings. The second-order valence-electron chi connectivity index (χ2n) is 5.80. The minimum absolute atomic E-state index is 0.136. The standard InChI is InChI=1S/C18H17BrF3NO/c19-14-3-7-16(8-4-14)24-17-9-11-23(12-10-17)15-5-1-13(2-6-15)18(20,21)22/h1-8,17H,9-12H2. The summed E-state index contributed by atoms with van der Waals surface area (Å²) in [5.74, 6) is 0.839. The first-order valence-electron chi connectivity index (χ1n) is 7.76. The van der Waals surface area contributed by atoms with Crippen LogP contribution in [0.1, 0.15) is 18.4 Å². The smallest absolute Gasteiger partial charge is 0.416 e. The van der Waals surface area contributed by atoms with Crippen LogP contribution in [0.15, 0.2) is 53.0 Å². The molecule has 1 saturated heterocycles. The molecule has 0 atom stereocenters. The highest BCUT2D eigenvalue weighted by atomic mass is 79.9. The maximum absolute atomic E-state index is 12.6. The molecule has 2 nitrogen and oxygen atoms in total. The molecule has 0 bridgehead atoms. The van der Waals surface area contributed by atoms with Crippen LogP contribution >= 0.6 is 15.9 Å². The summed E-state index contributed by atoms with van der Waals surface area (Å²) in [6.45, 7) is 1.54. The lowest BCUT2D eigenvalue weighted by Crippen LogP contribution is -2.38. The van der Waals surface area contributed by atoms with E-state index in [4.69, 9.17) is 4.74 Å². The summed E-state index contributed by atoms with van der Waals surface area (Å²) >= 11 is 3.39. The predicted octanol–water partition coefficient (Wildman–Crippen LogP) is 5.52. The number of ether oxygens (including phenoxy) is 1. The van der Waals surface area contributed by atoms with Crippen LogP contribution in [0.25, 0.3) is 0 Å². The normalized spacial score (nSPS) is 16.2. The monoisotopic (exact) mass is 399 g/mol. The largest absolute Gasteiger partial charge is 0.490 e. The van der Waals surface area contributed by atoms with Gasteiger partial charge in [0.25, 0.3) is 0 Å². The minimum atomic E-state index is -4.29. The quantitative estimate of drug-likeness (QED) is 0.673. The van der Waals surface area contributed by atoms with E-state index in [1.165, 1.54) is 0 Å². The average molecular weight is 400 g/mol. The lowest BCUT2D eigenvalue weighted by Gasteiger charge is -2.33. The SMILES string of the molecule is FC(F)(F)c1ccc(N2CCC(Oc3ccc(Br)cc3)CC2)cc1. The zero-order valence-corrected chi connectivity index (χ0v) is 14.5. The Morgan fingerprint density at radius 3 is 2.04 bits per heavy atom. The second kappa shape index (κ2) is 7.05. The highest BCUT2D eigenvalue weighted by Crippen LogP contribution is 2.31. The minimum Gasteiger partial charge on any atom is -0.490 e. The first-order chi connectivity index (χ1) is 11.4. The first kappa shape index (κ1) is 17.1. The van der Waals surface area contributed by atoms with E-state index in [0.29, 0.717) is 0 Å². The van der Waals surface area contributed by atoms with Crippen molar-refractivity contribution in [3.63, 3.8) is 0 Å². The highest BCUT2D eigenvalue weighted by molar-refractivity contribution is 9.10. The van der Waals surface area contributed by atoms with Crippen molar-refractivity contribution in [2.75, 3.05) is 18.0 Å². The molecule has 1 fully saturated rings. The number of benzene rings is 2.